The molecule has 3 aromatic carbocycles. The second kappa shape index (κ2) is 10.1. The third kappa shape index (κ3) is 5.18. The van der Waals surface area contributed by atoms with Crippen molar-refractivity contribution in [2.75, 3.05) is 13.2 Å². The van der Waals surface area contributed by atoms with Crippen LogP contribution < -0.4 is 10.1 Å². The molecule has 2 atom stereocenters. The van der Waals surface area contributed by atoms with Crippen molar-refractivity contribution in [2.45, 2.75) is 38.1 Å². The van der Waals surface area contributed by atoms with Gasteiger partial charge in [-0.2, -0.15) is 0 Å². The summed E-state index contributed by atoms with van der Waals surface area (Å²) in [6, 6.07) is 23.1. The van der Waals surface area contributed by atoms with Gasteiger partial charge in [0.15, 0.2) is 0 Å². The highest BCUT2D eigenvalue weighted by Crippen LogP contribution is 2.44. The predicted octanol–water partition coefficient (Wildman–Crippen LogP) is 4.41. The molecule has 172 valence electrons. The maximum atomic E-state index is 12.3. The Morgan fingerprint density at radius 3 is 2.06 bits per heavy atom. The molecule has 1 aliphatic carbocycles. The summed E-state index contributed by atoms with van der Waals surface area (Å²) in [5.41, 5.74) is 5.11. The van der Waals surface area contributed by atoms with Crippen molar-refractivity contribution in [1.29, 1.82) is 0 Å². The molecule has 0 heterocycles. The zero-order valence-electron chi connectivity index (χ0n) is 18.8. The number of benzene rings is 3. The Hall–Kier alpha value is -3.35. The summed E-state index contributed by atoms with van der Waals surface area (Å²) in [6.45, 7) is 3.92. The lowest BCUT2D eigenvalue weighted by Gasteiger charge is -2.20. The molecule has 3 N–H and O–H groups in total. The summed E-state index contributed by atoms with van der Waals surface area (Å²) in [6.07, 6.45) is -2.91. The number of fused-ring (bicyclic) bond motifs is 3. The van der Waals surface area contributed by atoms with Gasteiger partial charge in [0.1, 0.15) is 24.6 Å². The Kier molecular flexibility index (Phi) is 6.96. The minimum Gasteiger partial charge on any atom is -0.491 e. The van der Waals surface area contributed by atoms with Gasteiger partial charge < -0.3 is 25.0 Å². The number of alkyl carbamates (subject to hydrolysis) is 1. The van der Waals surface area contributed by atoms with Crippen molar-refractivity contribution in [3.63, 3.8) is 0 Å². The van der Waals surface area contributed by atoms with Gasteiger partial charge in [-0.1, -0.05) is 60.7 Å². The van der Waals surface area contributed by atoms with E-state index in [2.05, 4.69) is 29.6 Å². The number of hydrogen-bond acceptors (Lipinski definition) is 5. The van der Waals surface area contributed by atoms with Crippen LogP contribution in [0.3, 0.4) is 0 Å². The van der Waals surface area contributed by atoms with Crippen molar-refractivity contribution in [1.82, 2.24) is 5.32 Å². The molecule has 0 saturated heterocycles. The van der Waals surface area contributed by atoms with E-state index in [0.29, 0.717) is 11.3 Å². The molecule has 0 spiro atoms. The van der Waals surface area contributed by atoms with E-state index in [1.54, 1.807) is 24.3 Å². The molecule has 33 heavy (non-hydrogen) atoms. The summed E-state index contributed by atoms with van der Waals surface area (Å²) in [7, 11) is 0. The van der Waals surface area contributed by atoms with Gasteiger partial charge in [0.05, 0.1) is 6.10 Å². The number of carbonyl (C=O) groups excluding carboxylic acids is 1. The largest absolute Gasteiger partial charge is 0.491 e. The first-order chi connectivity index (χ1) is 15.9. The second-order valence-corrected chi connectivity index (χ2v) is 8.45. The normalized spacial score (nSPS) is 14.3. The third-order valence-electron chi connectivity index (χ3n) is 5.76. The van der Waals surface area contributed by atoms with Gasteiger partial charge in [0, 0.05) is 12.5 Å². The number of amides is 1. The first-order valence-electron chi connectivity index (χ1n) is 11.2. The molecular formula is C27H29NO5. The Bertz CT molecular complexity index is 1050. The van der Waals surface area contributed by atoms with Gasteiger partial charge >= 0.3 is 6.09 Å². The van der Waals surface area contributed by atoms with Crippen LogP contribution in [-0.2, 0) is 4.74 Å². The molecule has 0 saturated carbocycles. The van der Waals surface area contributed by atoms with Crippen LogP contribution in [0.25, 0.3) is 11.1 Å². The van der Waals surface area contributed by atoms with Gasteiger partial charge in [0.2, 0.25) is 0 Å². The lowest BCUT2D eigenvalue weighted by molar-refractivity contribution is 0.0185. The molecule has 0 aromatic heterocycles. The van der Waals surface area contributed by atoms with Crippen LogP contribution in [0.15, 0.2) is 72.8 Å². The summed E-state index contributed by atoms with van der Waals surface area (Å²) < 4.78 is 11.1. The minimum atomic E-state index is -1.18. The maximum Gasteiger partial charge on any atom is 0.407 e. The van der Waals surface area contributed by atoms with Crippen LogP contribution in [0.1, 0.15) is 42.6 Å². The number of hydrogen-bond donors (Lipinski definition) is 3. The lowest BCUT2D eigenvalue weighted by Crippen LogP contribution is -2.36. The zero-order valence-corrected chi connectivity index (χ0v) is 18.8. The van der Waals surface area contributed by atoms with E-state index >= 15 is 0 Å². The average molecular weight is 448 g/mol. The first-order valence-corrected chi connectivity index (χ1v) is 11.2. The van der Waals surface area contributed by atoms with E-state index in [-0.39, 0.29) is 25.2 Å². The summed E-state index contributed by atoms with van der Waals surface area (Å²) in [5, 5.41) is 23.3. The third-order valence-corrected chi connectivity index (χ3v) is 5.76. The quantitative estimate of drug-likeness (QED) is 0.476. The molecule has 3 aromatic rings. The van der Waals surface area contributed by atoms with Gasteiger partial charge in [-0.25, -0.2) is 4.79 Å². The molecule has 0 bridgehead atoms. The number of carbonyl (C=O) groups is 1. The SMILES string of the molecule is CC(C)Oc1ccc(C(O)C(O)CNC(=O)OCC2c3ccccc3-c3ccccc32)cc1. The average Bonchev–Trinajstić information content (AvgIpc) is 3.14. The van der Waals surface area contributed by atoms with Gasteiger partial charge in [-0.05, 0) is 53.8 Å². The van der Waals surface area contributed by atoms with E-state index < -0.39 is 18.3 Å². The van der Waals surface area contributed by atoms with Crippen LogP contribution in [0.2, 0.25) is 0 Å². The topological polar surface area (TPSA) is 88.0 Å². The van der Waals surface area contributed by atoms with Crippen LogP contribution in [-0.4, -0.2) is 41.7 Å². The molecular weight excluding hydrogens is 418 g/mol. The molecule has 1 aliphatic rings. The van der Waals surface area contributed by atoms with E-state index in [9.17, 15) is 15.0 Å². The molecule has 0 fully saturated rings. The van der Waals surface area contributed by atoms with Crippen molar-refractivity contribution in [3.05, 3.63) is 89.5 Å². The molecule has 1 amide bonds. The summed E-state index contributed by atoms with van der Waals surface area (Å²) in [5.74, 6) is 0.650. The molecule has 6 nitrogen and oxygen atoms in total. The fraction of sp³-hybridized carbons (Fsp3) is 0.296. The van der Waals surface area contributed by atoms with Crippen molar-refractivity contribution >= 4 is 6.09 Å². The van der Waals surface area contributed by atoms with Gasteiger partial charge in [0.25, 0.3) is 0 Å². The van der Waals surface area contributed by atoms with Crippen molar-refractivity contribution < 1.29 is 24.5 Å². The van der Waals surface area contributed by atoms with Crippen LogP contribution >= 0.6 is 0 Å². The van der Waals surface area contributed by atoms with Crippen LogP contribution in [0, 0.1) is 0 Å². The van der Waals surface area contributed by atoms with E-state index in [0.717, 1.165) is 22.3 Å². The standard InChI is InChI=1S/C27H29NO5/c1-17(2)33-19-13-11-18(12-14-19)26(30)25(29)15-28-27(31)32-16-24-22-9-5-3-7-20(22)21-8-4-6-10-23(21)24/h3-14,17,24-26,29-30H,15-16H2,1-2H3,(H,28,31). The summed E-state index contributed by atoms with van der Waals surface area (Å²) >= 11 is 0. The fourth-order valence-electron chi connectivity index (χ4n) is 4.19. The van der Waals surface area contributed by atoms with Crippen LogP contribution in [0.5, 0.6) is 5.75 Å². The minimum absolute atomic E-state index is 0.0368. The number of aliphatic hydroxyl groups is 2. The number of nitrogens with one attached hydrogen (secondary N) is 1. The van der Waals surface area contributed by atoms with Crippen LogP contribution in [0.4, 0.5) is 4.79 Å². The monoisotopic (exact) mass is 447 g/mol. The smallest absolute Gasteiger partial charge is 0.407 e. The molecule has 6 heteroatoms. The highest BCUT2D eigenvalue weighted by Gasteiger charge is 2.29. The van der Waals surface area contributed by atoms with E-state index in [1.807, 2.05) is 38.1 Å². The Morgan fingerprint density at radius 2 is 1.48 bits per heavy atom. The lowest BCUT2D eigenvalue weighted by atomic mass is 9.98. The molecule has 0 radical (unpaired) electrons. The molecule has 4 rings (SSSR count). The number of rotatable bonds is 8. The Morgan fingerprint density at radius 1 is 0.909 bits per heavy atom. The summed E-state index contributed by atoms with van der Waals surface area (Å²) in [4.78, 5) is 12.3. The fourth-order valence-corrected chi connectivity index (χ4v) is 4.19. The van der Waals surface area contributed by atoms with E-state index in [1.165, 1.54) is 0 Å². The zero-order chi connectivity index (χ0) is 23.4. The maximum absolute atomic E-state index is 12.3. The van der Waals surface area contributed by atoms with Crippen molar-refractivity contribution in [3.8, 4) is 16.9 Å². The predicted molar refractivity (Wildman–Crippen MR) is 126 cm³/mol. The number of aliphatic hydroxyl groups excluding tert-OH is 2. The van der Waals surface area contributed by atoms with Gasteiger partial charge in [-0.3, -0.25) is 0 Å². The number of ether oxygens (including phenoxy) is 2. The first kappa shape index (κ1) is 22.8. The van der Waals surface area contributed by atoms with E-state index in [4.69, 9.17) is 9.47 Å². The Balaban J connectivity index is 1.30. The molecule has 0 aliphatic heterocycles. The molecule has 2 unspecified atom stereocenters. The second-order valence-electron chi connectivity index (χ2n) is 8.45. The van der Waals surface area contributed by atoms with Gasteiger partial charge in [-0.15, -0.1) is 0 Å². The highest BCUT2D eigenvalue weighted by atomic mass is 16.5. The van der Waals surface area contributed by atoms with Crippen molar-refractivity contribution in [2.24, 2.45) is 0 Å². The Labute approximate surface area is 193 Å². The highest BCUT2D eigenvalue weighted by molar-refractivity contribution is 5.79.